The first-order valence-corrected chi connectivity index (χ1v) is 13.3. The molecule has 2 N–H and O–H groups in total. The van der Waals surface area contributed by atoms with Gasteiger partial charge in [0, 0.05) is 32.1 Å². The number of hydrogen-bond acceptors (Lipinski definition) is 6. The van der Waals surface area contributed by atoms with Crippen LogP contribution in [0.5, 0.6) is 0 Å². The van der Waals surface area contributed by atoms with Gasteiger partial charge in [0.15, 0.2) is 10.7 Å². The highest BCUT2D eigenvalue weighted by Gasteiger charge is 2.37. The van der Waals surface area contributed by atoms with Gasteiger partial charge >= 0.3 is 0 Å². The van der Waals surface area contributed by atoms with Gasteiger partial charge in [0.25, 0.3) is 15.6 Å². The first-order chi connectivity index (χ1) is 17.4. The molecule has 2 aliphatic rings. The largest absolute Gasteiger partial charge is 0.337 e. The predicted molar refractivity (Wildman–Crippen MR) is 130 cm³/mol. The molecule has 0 radical (unpaired) electrons. The topological polar surface area (TPSA) is 137 Å². The van der Waals surface area contributed by atoms with Crippen LogP contribution in [0.2, 0.25) is 0 Å². The first kappa shape index (κ1) is 22.7. The molecule has 3 aromatic heterocycles. The molecular weight excluding hydrogens is 482 g/mol. The smallest absolute Gasteiger partial charge is 0.277 e. The van der Waals surface area contributed by atoms with Gasteiger partial charge in [0.05, 0.1) is 41.9 Å². The van der Waals surface area contributed by atoms with Crippen LogP contribution in [0.25, 0.3) is 16.9 Å². The van der Waals surface area contributed by atoms with Crippen LogP contribution >= 0.6 is 0 Å². The number of fused-ring (bicyclic) bond motifs is 2. The molecule has 6 rings (SSSR count). The normalized spacial score (nSPS) is 18.9. The second kappa shape index (κ2) is 8.71. The third-order valence-electron chi connectivity index (χ3n) is 6.98. The number of nitrogens with one attached hydrogen (secondary N) is 2. The molecule has 1 fully saturated rings. The van der Waals surface area contributed by atoms with Crippen molar-refractivity contribution in [1.29, 1.82) is 0 Å². The number of hydrogen-bond donors (Lipinski definition) is 2. The van der Waals surface area contributed by atoms with Gasteiger partial charge in [-0.15, -0.1) is 0 Å². The Morgan fingerprint density at radius 1 is 1.14 bits per heavy atom. The molecule has 4 aromatic rings. The molecule has 11 nitrogen and oxygen atoms in total. The highest BCUT2D eigenvalue weighted by molar-refractivity contribution is 7.89. The SMILES string of the molecule is O=C(C1CCCN(S(=O)(=O)c2cnc[nH]2)C1)N1CCc2nc3cc(-c4ccccc4)[nH]n3c(=O)c2C1. The highest BCUT2D eigenvalue weighted by Crippen LogP contribution is 2.26. The second-order valence-corrected chi connectivity index (χ2v) is 11.1. The first-order valence-electron chi connectivity index (χ1n) is 11.9. The molecule has 0 aliphatic carbocycles. The fourth-order valence-corrected chi connectivity index (χ4v) is 6.50. The maximum absolute atomic E-state index is 13.4. The van der Waals surface area contributed by atoms with E-state index < -0.39 is 15.9 Å². The molecule has 5 heterocycles. The Labute approximate surface area is 206 Å². The summed E-state index contributed by atoms with van der Waals surface area (Å²) in [5.74, 6) is -0.598. The molecule has 1 amide bonds. The van der Waals surface area contributed by atoms with Gasteiger partial charge < -0.3 is 9.88 Å². The van der Waals surface area contributed by atoms with Crippen LogP contribution in [-0.2, 0) is 27.8 Å². The average Bonchev–Trinajstić information content (AvgIpc) is 3.60. The van der Waals surface area contributed by atoms with Crippen LogP contribution in [0.1, 0.15) is 24.1 Å². The summed E-state index contributed by atoms with van der Waals surface area (Å²) in [6.45, 7) is 1.06. The van der Waals surface area contributed by atoms with Crippen LogP contribution < -0.4 is 5.56 Å². The van der Waals surface area contributed by atoms with Crippen LogP contribution in [0.4, 0.5) is 0 Å². The van der Waals surface area contributed by atoms with Gasteiger partial charge in [-0.2, -0.15) is 4.31 Å². The Morgan fingerprint density at radius 2 is 1.97 bits per heavy atom. The Balaban J connectivity index is 1.24. The van der Waals surface area contributed by atoms with Gasteiger partial charge in [-0.25, -0.2) is 22.9 Å². The molecule has 2 aliphatic heterocycles. The maximum Gasteiger partial charge on any atom is 0.277 e. The minimum absolute atomic E-state index is 0.0198. The van der Waals surface area contributed by atoms with E-state index in [1.807, 2.05) is 36.4 Å². The number of piperidine rings is 1. The van der Waals surface area contributed by atoms with E-state index in [9.17, 15) is 18.0 Å². The van der Waals surface area contributed by atoms with Crippen molar-refractivity contribution in [2.45, 2.75) is 30.8 Å². The number of nitrogens with zero attached hydrogens (tertiary/aromatic N) is 5. The Hall–Kier alpha value is -3.77. The Kier molecular flexibility index (Phi) is 5.49. The number of benzene rings is 1. The van der Waals surface area contributed by atoms with Gasteiger partial charge in [0.1, 0.15) is 0 Å². The molecule has 12 heteroatoms. The standard InChI is InChI=1S/C24H25N7O4S/c32-23(17-7-4-9-30(13-17)36(34,35)22-12-25-15-26-22)29-10-8-19-18(14-29)24(33)31-21(27-19)11-20(28-31)16-5-2-1-3-6-16/h1-3,5-6,11-12,15,17,28H,4,7-10,13-14H2,(H,25,26). The molecule has 36 heavy (non-hydrogen) atoms. The third kappa shape index (κ3) is 3.82. The van der Waals surface area contributed by atoms with Crippen molar-refractivity contribution in [1.82, 2.24) is 33.8 Å². The summed E-state index contributed by atoms with van der Waals surface area (Å²) in [7, 11) is -3.74. The number of carbonyl (C=O) groups is 1. The number of carbonyl (C=O) groups excluding carboxylic acids is 1. The highest BCUT2D eigenvalue weighted by atomic mass is 32.2. The molecule has 0 bridgehead atoms. The van der Waals surface area contributed by atoms with E-state index in [1.165, 1.54) is 21.3 Å². The summed E-state index contributed by atoms with van der Waals surface area (Å²) < 4.78 is 28.6. The number of imidazole rings is 1. The summed E-state index contributed by atoms with van der Waals surface area (Å²) >= 11 is 0. The fraction of sp³-hybridized carbons (Fsp3) is 0.333. The van der Waals surface area contributed by atoms with Gasteiger partial charge in [0.2, 0.25) is 5.91 Å². The van der Waals surface area contributed by atoms with E-state index >= 15 is 0 Å². The summed E-state index contributed by atoms with van der Waals surface area (Å²) in [6.07, 6.45) is 4.25. The van der Waals surface area contributed by atoms with Crippen molar-refractivity contribution in [3.8, 4) is 11.3 Å². The maximum atomic E-state index is 13.4. The lowest BCUT2D eigenvalue weighted by Gasteiger charge is -2.35. The molecule has 1 saturated heterocycles. The quantitative estimate of drug-likeness (QED) is 0.429. The minimum Gasteiger partial charge on any atom is -0.337 e. The molecule has 0 saturated carbocycles. The summed E-state index contributed by atoms with van der Waals surface area (Å²) in [4.78, 5) is 39.6. The van der Waals surface area contributed by atoms with Crippen molar-refractivity contribution >= 4 is 21.6 Å². The number of H-pyrrole nitrogens is 2. The predicted octanol–water partition coefficient (Wildman–Crippen LogP) is 1.40. The zero-order valence-electron chi connectivity index (χ0n) is 19.4. The number of sulfonamides is 1. The molecule has 186 valence electrons. The van der Waals surface area contributed by atoms with Gasteiger partial charge in [-0.1, -0.05) is 30.3 Å². The van der Waals surface area contributed by atoms with E-state index in [-0.39, 0.29) is 29.6 Å². The van der Waals surface area contributed by atoms with Crippen LogP contribution in [-0.4, -0.2) is 67.7 Å². The van der Waals surface area contributed by atoms with Crippen molar-refractivity contribution in [3.05, 3.63) is 70.5 Å². The van der Waals surface area contributed by atoms with Crippen molar-refractivity contribution in [2.24, 2.45) is 5.92 Å². The zero-order chi connectivity index (χ0) is 24.9. The average molecular weight is 508 g/mol. The lowest BCUT2D eigenvalue weighted by Crippen LogP contribution is -2.48. The molecule has 1 atom stereocenters. The summed E-state index contributed by atoms with van der Waals surface area (Å²) in [5, 5.41) is 3.15. The summed E-state index contributed by atoms with van der Waals surface area (Å²) in [5.41, 5.74) is 3.26. The monoisotopic (exact) mass is 507 g/mol. The third-order valence-corrected chi connectivity index (χ3v) is 8.77. The van der Waals surface area contributed by atoms with E-state index in [0.717, 1.165) is 11.3 Å². The number of rotatable bonds is 4. The Bertz CT molecular complexity index is 1590. The van der Waals surface area contributed by atoms with Crippen molar-refractivity contribution in [3.63, 3.8) is 0 Å². The molecule has 1 aromatic carbocycles. The van der Waals surface area contributed by atoms with E-state index in [0.29, 0.717) is 49.3 Å². The molecule has 1 unspecified atom stereocenters. The number of amides is 1. The van der Waals surface area contributed by atoms with E-state index in [4.69, 9.17) is 4.98 Å². The van der Waals surface area contributed by atoms with Crippen molar-refractivity contribution < 1.29 is 13.2 Å². The lowest BCUT2D eigenvalue weighted by atomic mass is 9.96. The lowest BCUT2D eigenvalue weighted by molar-refractivity contribution is -0.137. The van der Waals surface area contributed by atoms with Crippen LogP contribution in [0, 0.1) is 5.92 Å². The minimum atomic E-state index is -3.74. The van der Waals surface area contributed by atoms with E-state index in [2.05, 4.69) is 15.1 Å². The zero-order valence-corrected chi connectivity index (χ0v) is 20.2. The second-order valence-electron chi connectivity index (χ2n) is 9.20. The van der Waals surface area contributed by atoms with Crippen LogP contribution in [0.15, 0.2) is 58.7 Å². The number of aromatic nitrogens is 5. The molecular formula is C24H25N7O4S. The van der Waals surface area contributed by atoms with Gasteiger partial charge in [-0.3, -0.25) is 14.7 Å². The molecule has 0 spiro atoms. The Morgan fingerprint density at radius 3 is 2.75 bits per heavy atom. The number of aromatic amines is 2. The van der Waals surface area contributed by atoms with Crippen LogP contribution in [0.3, 0.4) is 0 Å². The fourth-order valence-electron chi connectivity index (χ4n) is 5.08. The van der Waals surface area contributed by atoms with Crippen molar-refractivity contribution in [2.75, 3.05) is 19.6 Å². The van der Waals surface area contributed by atoms with E-state index in [1.54, 1.807) is 4.90 Å². The summed E-state index contributed by atoms with van der Waals surface area (Å²) in [6, 6.07) is 11.5. The van der Waals surface area contributed by atoms with Gasteiger partial charge in [-0.05, 0) is 18.4 Å².